The highest BCUT2D eigenvalue weighted by Crippen LogP contribution is 2.23. The fraction of sp³-hybridized carbons (Fsp3) is 0.250. The first-order chi connectivity index (χ1) is 10.5. The lowest BCUT2D eigenvalue weighted by Crippen LogP contribution is -2.39. The second-order valence-electron chi connectivity index (χ2n) is 4.98. The number of carbonyl (C=O) groups is 1. The molecule has 22 heavy (non-hydrogen) atoms. The van der Waals surface area contributed by atoms with E-state index in [2.05, 4.69) is 27.3 Å². The Morgan fingerprint density at radius 1 is 1.45 bits per heavy atom. The van der Waals surface area contributed by atoms with Gasteiger partial charge in [-0.25, -0.2) is 0 Å². The van der Waals surface area contributed by atoms with E-state index in [1.165, 1.54) is 4.88 Å². The molecule has 0 bridgehead atoms. The number of halogens is 1. The number of anilines is 1. The molecule has 0 saturated carbocycles. The number of rotatable bonds is 5. The molecule has 1 aromatic carbocycles. The number of carbonyl (C=O) groups excluding carboxylic acids is 1. The van der Waals surface area contributed by atoms with E-state index in [9.17, 15) is 4.79 Å². The molecule has 1 aromatic heterocycles. The molecule has 1 amide bonds. The molecule has 0 unspecified atom stereocenters. The third-order valence-electron chi connectivity index (χ3n) is 3.33. The number of hydrogen-bond donors (Lipinski definition) is 1. The average Bonchev–Trinajstić information content (AvgIpc) is 2.91. The first-order valence-corrected chi connectivity index (χ1v) is 8.36. The second kappa shape index (κ2) is 7.54. The van der Waals surface area contributed by atoms with Crippen molar-refractivity contribution in [2.75, 3.05) is 12.4 Å². The third-order valence-corrected chi connectivity index (χ3v) is 4.94. The zero-order valence-electron chi connectivity index (χ0n) is 12.3. The number of nitrogens with one attached hydrogen (secondary N) is 1. The quantitative estimate of drug-likeness (QED) is 0.860. The molecule has 4 nitrogen and oxygen atoms in total. The molecule has 0 aliphatic rings. The van der Waals surface area contributed by atoms with E-state index in [0.29, 0.717) is 17.8 Å². The van der Waals surface area contributed by atoms with Gasteiger partial charge in [0, 0.05) is 17.1 Å². The first-order valence-electron chi connectivity index (χ1n) is 6.75. The molecule has 1 N–H and O–H groups in total. The van der Waals surface area contributed by atoms with Crippen molar-refractivity contribution in [2.24, 2.45) is 0 Å². The largest absolute Gasteiger partial charge is 0.325 e. The topological polar surface area (TPSA) is 56.1 Å². The summed E-state index contributed by atoms with van der Waals surface area (Å²) < 4.78 is 1.08. The predicted octanol–water partition coefficient (Wildman–Crippen LogP) is 3.84. The van der Waals surface area contributed by atoms with E-state index >= 15 is 0 Å². The number of thiophene rings is 1. The molecule has 2 rings (SSSR count). The summed E-state index contributed by atoms with van der Waals surface area (Å²) in [7, 11) is 1.92. The monoisotopic (exact) mass is 377 g/mol. The molecule has 0 spiro atoms. The van der Waals surface area contributed by atoms with Gasteiger partial charge in [-0.1, -0.05) is 6.07 Å². The molecule has 0 saturated heterocycles. The summed E-state index contributed by atoms with van der Waals surface area (Å²) >= 11 is 5.10. The molecule has 2 aromatic rings. The third kappa shape index (κ3) is 4.41. The van der Waals surface area contributed by atoms with Gasteiger partial charge in [0.1, 0.15) is 0 Å². The Morgan fingerprint density at radius 3 is 2.86 bits per heavy atom. The van der Waals surface area contributed by atoms with Gasteiger partial charge in [-0.2, -0.15) is 5.26 Å². The molecule has 1 heterocycles. The van der Waals surface area contributed by atoms with Crippen LogP contribution in [0.2, 0.25) is 0 Å². The lowest BCUT2D eigenvalue weighted by atomic mass is 10.2. The second-order valence-corrected chi connectivity index (χ2v) is 7.53. The van der Waals surface area contributed by atoms with Crippen molar-refractivity contribution >= 4 is 38.9 Å². The molecule has 6 heteroatoms. The SMILES string of the molecule is C[C@H](C(=O)Nc1cccc(C#N)c1)N(C)Cc1ccc(Br)s1. The minimum Gasteiger partial charge on any atom is -0.325 e. The van der Waals surface area contributed by atoms with E-state index in [0.717, 1.165) is 3.79 Å². The van der Waals surface area contributed by atoms with Crippen LogP contribution in [0, 0.1) is 11.3 Å². The van der Waals surface area contributed by atoms with Crippen molar-refractivity contribution in [3.8, 4) is 6.07 Å². The highest BCUT2D eigenvalue weighted by molar-refractivity contribution is 9.11. The number of benzene rings is 1. The Labute approximate surface area is 142 Å². The van der Waals surface area contributed by atoms with Crippen LogP contribution in [-0.4, -0.2) is 23.9 Å². The molecule has 0 aliphatic heterocycles. The fourth-order valence-corrected chi connectivity index (χ4v) is 3.48. The van der Waals surface area contributed by atoms with Crippen molar-refractivity contribution in [2.45, 2.75) is 19.5 Å². The molecule has 0 fully saturated rings. The minimum absolute atomic E-state index is 0.0896. The Hall–Kier alpha value is -1.68. The van der Waals surface area contributed by atoms with E-state index in [1.54, 1.807) is 35.6 Å². The van der Waals surface area contributed by atoms with Gasteiger partial charge in [0.05, 0.1) is 21.5 Å². The normalized spacial score (nSPS) is 12.0. The maximum atomic E-state index is 12.3. The van der Waals surface area contributed by atoms with Gasteiger partial charge in [-0.3, -0.25) is 9.69 Å². The highest BCUT2D eigenvalue weighted by Gasteiger charge is 2.18. The molecular formula is C16H16BrN3OS. The van der Waals surface area contributed by atoms with Crippen LogP contribution in [0.15, 0.2) is 40.2 Å². The van der Waals surface area contributed by atoms with E-state index in [-0.39, 0.29) is 11.9 Å². The van der Waals surface area contributed by atoms with Crippen molar-refractivity contribution in [3.05, 3.63) is 50.6 Å². The van der Waals surface area contributed by atoms with Crippen LogP contribution in [-0.2, 0) is 11.3 Å². The Kier molecular flexibility index (Phi) is 5.72. The highest BCUT2D eigenvalue weighted by atomic mass is 79.9. The number of nitrogens with zero attached hydrogens (tertiary/aromatic N) is 2. The van der Waals surface area contributed by atoms with E-state index in [1.807, 2.05) is 31.0 Å². The summed E-state index contributed by atoms with van der Waals surface area (Å²) in [4.78, 5) is 15.5. The summed E-state index contributed by atoms with van der Waals surface area (Å²) in [5, 5.41) is 11.7. The van der Waals surface area contributed by atoms with E-state index < -0.39 is 0 Å². The van der Waals surface area contributed by atoms with Gasteiger partial charge in [-0.15, -0.1) is 11.3 Å². The van der Waals surface area contributed by atoms with Crippen LogP contribution in [0.4, 0.5) is 5.69 Å². The summed E-state index contributed by atoms with van der Waals surface area (Å²) in [6, 6.07) is 12.8. The van der Waals surface area contributed by atoms with Gasteiger partial charge >= 0.3 is 0 Å². The van der Waals surface area contributed by atoms with Gasteiger partial charge in [0.25, 0.3) is 0 Å². The zero-order chi connectivity index (χ0) is 16.1. The standard InChI is InChI=1S/C16H16BrN3OS/c1-11(20(2)10-14-6-7-15(17)22-14)16(21)19-13-5-3-4-12(8-13)9-18/h3-8,11H,10H2,1-2H3,(H,19,21)/t11-/m1/s1. The molecule has 1 atom stereocenters. The van der Waals surface area contributed by atoms with Crippen LogP contribution in [0.25, 0.3) is 0 Å². The van der Waals surface area contributed by atoms with Crippen molar-refractivity contribution in [1.82, 2.24) is 4.90 Å². The number of nitriles is 1. The summed E-state index contributed by atoms with van der Waals surface area (Å²) in [6.45, 7) is 2.58. The van der Waals surface area contributed by atoms with Gasteiger partial charge in [-0.05, 0) is 60.2 Å². The van der Waals surface area contributed by atoms with Crippen molar-refractivity contribution in [1.29, 1.82) is 5.26 Å². The van der Waals surface area contributed by atoms with E-state index in [4.69, 9.17) is 5.26 Å². The number of amides is 1. The Balaban J connectivity index is 1.97. The van der Waals surface area contributed by atoms with Gasteiger partial charge < -0.3 is 5.32 Å². The molecule has 0 aliphatic carbocycles. The van der Waals surface area contributed by atoms with Crippen LogP contribution in [0.5, 0.6) is 0 Å². The maximum absolute atomic E-state index is 12.3. The zero-order valence-corrected chi connectivity index (χ0v) is 14.7. The lowest BCUT2D eigenvalue weighted by Gasteiger charge is -2.23. The number of hydrogen-bond acceptors (Lipinski definition) is 4. The van der Waals surface area contributed by atoms with Crippen molar-refractivity contribution < 1.29 is 4.79 Å². The number of likely N-dealkylation sites (N-methyl/N-ethyl adjacent to an activating group) is 1. The van der Waals surface area contributed by atoms with Gasteiger partial charge in [0.2, 0.25) is 5.91 Å². The van der Waals surface area contributed by atoms with Crippen LogP contribution in [0.3, 0.4) is 0 Å². The smallest absolute Gasteiger partial charge is 0.241 e. The van der Waals surface area contributed by atoms with Gasteiger partial charge in [0.15, 0.2) is 0 Å². The maximum Gasteiger partial charge on any atom is 0.241 e. The summed E-state index contributed by atoms with van der Waals surface area (Å²) in [6.07, 6.45) is 0. The minimum atomic E-state index is -0.272. The Morgan fingerprint density at radius 2 is 2.23 bits per heavy atom. The lowest BCUT2D eigenvalue weighted by molar-refractivity contribution is -0.120. The first kappa shape index (κ1) is 16.7. The van der Waals surface area contributed by atoms with Crippen molar-refractivity contribution in [3.63, 3.8) is 0 Å². The molecule has 114 valence electrons. The predicted molar refractivity (Wildman–Crippen MR) is 92.7 cm³/mol. The fourth-order valence-electron chi connectivity index (χ4n) is 1.93. The summed E-state index contributed by atoms with van der Waals surface area (Å²) in [5.41, 5.74) is 1.17. The average molecular weight is 378 g/mol. The van der Waals surface area contributed by atoms with Crippen LogP contribution in [0.1, 0.15) is 17.4 Å². The molecular weight excluding hydrogens is 362 g/mol. The van der Waals surface area contributed by atoms with Crippen LogP contribution < -0.4 is 5.32 Å². The van der Waals surface area contributed by atoms with Crippen LogP contribution >= 0.6 is 27.3 Å². The Bertz CT molecular complexity index is 707. The summed E-state index contributed by atoms with van der Waals surface area (Å²) in [5.74, 6) is -0.0896. The molecule has 0 radical (unpaired) electrons.